The molecular weight excluding hydrogens is 672 g/mol. The molecule has 0 aromatic heterocycles. The second kappa shape index (κ2) is 42.8. The molecule has 0 atom stereocenters. The van der Waals surface area contributed by atoms with Crippen LogP contribution in [0.4, 0.5) is 0 Å². The van der Waals surface area contributed by atoms with E-state index in [-0.39, 0.29) is 12.6 Å². The van der Waals surface area contributed by atoms with Gasteiger partial charge in [-0.25, -0.2) is 4.79 Å². The SMILES string of the molecule is CCCCCCCCCCCCCCCCOCCOCCOCCOCCOCCOCCOCCOCCOCCOCC(=O)OC(C)(C)C. The summed E-state index contributed by atoms with van der Waals surface area (Å²) in [7, 11) is 0. The molecule has 0 aliphatic heterocycles. The summed E-state index contributed by atoms with van der Waals surface area (Å²) in [6, 6.07) is 0. The highest BCUT2D eigenvalue weighted by Gasteiger charge is 2.15. The first-order chi connectivity index (χ1) is 25.5. The number of esters is 1. The smallest absolute Gasteiger partial charge is 0.332 e. The van der Waals surface area contributed by atoms with Crippen molar-refractivity contribution in [2.24, 2.45) is 0 Å². The van der Waals surface area contributed by atoms with Crippen molar-refractivity contribution >= 4 is 5.97 Å². The first-order valence-electron chi connectivity index (χ1n) is 20.4. The van der Waals surface area contributed by atoms with Gasteiger partial charge in [-0.3, -0.25) is 0 Å². The molecule has 52 heavy (non-hydrogen) atoms. The summed E-state index contributed by atoms with van der Waals surface area (Å²) in [5, 5.41) is 0. The lowest BCUT2D eigenvalue weighted by Crippen LogP contribution is -2.27. The van der Waals surface area contributed by atoms with Gasteiger partial charge in [0.05, 0.1) is 119 Å². The normalized spacial score (nSPS) is 11.8. The van der Waals surface area contributed by atoms with Crippen LogP contribution in [0.2, 0.25) is 0 Å². The molecule has 12 nitrogen and oxygen atoms in total. The van der Waals surface area contributed by atoms with E-state index in [0.717, 1.165) is 13.0 Å². The van der Waals surface area contributed by atoms with Crippen LogP contribution in [-0.4, -0.2) is 144 Å². The number of hydrogen-bond donors (Lipinski definition) is 0. The standard InChI is InChI=1S/C40H80O12/c1-5-6-7-8-9-10-11-12-13-14-15-16-17-18-19-42-20-21-43-22-23-44-24-25-45-26-27-46-28-29-47-30-31-48-32-33-49-34-35-50-36-37-51-38-39(41)52-40(2,3)4/h5-38H2,1-4H3. The Morgan fingerprint density at radius 1 is 0.327 bits per heavy atom. The second-order valence-corrected chi connectivity index (χ2v) is 13.7. The average Bonchev–Trinajstić information content (AvgIpc) is 3.11. The van der Waals surface area contributed by atoms with Crippen LogP contribution in [0.15, 0.2) is 0 Å². The molecule has 0 fully saturated rings. The second-order valence-electron chi connectivity index (χ2n) is 13.7. The van der Waals surface area contributed by atoms with E-state index < -0.39 is 5.60 Å². The van der Waals surface area contributed by atoms with E-state index in [4.69, 9.17) is 52.1 Å². The minimum absolute atomic E-state index is 0.0786. The lowest BCUT2D eigenvalue weighted by Gasteiger charge is -2.19. The van der Waals surface area contributed by atoms with Crippen LogP contribution in [-0.2, 0) is 56.9 Å². The molecule has 0 radical (unpaired) electrons. The fourth-order valence-electron chi connectivity index (χ4n) is 4.90. The first-order valence-corrected chi connectivity index (χ1v) is 20.4. The summed E-state index contributed by atoms with van der Waals surface area (Å²) in [5.74, 6) is -0.382. The number of carbonyl (C=O) groups excluding carboxylic acids is 1. The van der Waals surface area contributed by atoms with E-state index >= 15 is 0 Å². The zero-order chi connectivity index (χ0) is 37.9. The summed E-state index contributed by atoms with van der Waals surface area (Å²) in [6.07, 6.45) is 19.2. The number of carbonyl (C=O) groups is 1. The average molecular weight is 753 g/mol. The van der Waals surface area contributed by atoms with Gasteiger partial charge in [0.15, 0.2) is 0 Å². The maximum atomic E-state index is 11.5. The van der Waals surface area contributed by atoms with Crippen molar-refractivity contribution < 1.29 is 56.9 Å². The molecule has 0 saturated carbocycles. The summed E-state index contributed by atoms with van der Waals surface area (Å²) >= 11 is 0. The van der Waals surface area contributed by atoms with Gasteiger partial charge in [-0.15, -0.1) is 0 Å². The quantitative estimate of drug-likeness (QED) is 0.0472. The lowest BCUT2D eigenvalue weighted by atomic mass is 10.0. The van der Waals surface area contributed by atoms with E-state index in [9.17, 15) is 4.79 Å². The molecule has 0 aromatic carbocycles. The van der Waals surface area contributed by atoms with Crippen molar-refractivity contribution in [3.8, 4) is 0 Å². The van der Waals surface area contributed by atoms with E-state index in [1.807, 2.05) is 20.8 Å². The molecule has 0 unspecified atom stereocenters. The Bertz CT molecular complexity index is 692. The molecule has 0 rings (SSSR count). The predicted molar refractivity (Wildman–Crippen MR) is 204 cm³/mol. The molecule has 12 heteroatoms. The van der Waals surface area contributed by atoms with Crippen LogP contribution in [0.3, 0.4) is 0 Å². The first kappa shape index (κ1) is 51.1. The van der Waals surface area contributed by atoms with Crippen molar-refractivity contribution in [3.63, 3.8) is 0 Å². The van der Waals surface area contributed by atoms with Crippen LogP contribution in [0.25, 0.3) is 0 Å². The zero-order valence-corrected chi connectivity index (χ0v) is 33.9. The predicted octanol–water partition coefficient (Wildman–Crippen LogP) is 6.98. The van der Waals surface area contributed by atoms with Crippen molar-refractivity contribution in [3.05, 3.63) is 0 Å². The van der Waals surface area contributed by atoms with Crippen molar-refractivity contribution in [2.45, 2.75) is 123 Å². The zero-order valence-electron chi connectivity index (χ0n) is 33.9. The Morgan fingerprint density at radius 3 is 0.827 bits per heavy atom. The Balaban J connectivity index is 3.09. The van der Waals surface area contributed by atoms with Gasteiger partial charge in [-0.05, 0) is 27.2 Å². The van der Waals surface area contributed by atoms with Crippen LogP contribution in [0, 0.1) is 0 Å². The highest BCUT2D eigenvalue weighted by molar-refractivity contribution is 5.71. The molecule has 0 aromatic rings. The minimum atomic E-state index is -0.508. The molecule has 0 aliphatic carbocycles. The van der Waals surface area contributed by atoms with Crippen molar-refractivity contribution in [1.82, 2.24) is 0 Å². The van der Waals surface area contributed by atoms with Crippen molar-refractivity contribution in [1.29, 1.82) is 0 Å². The molecule has 312 valence electrons. The third kappa shape index (κ3) is 47.1. The maximum absolute atomic E-state index is 11.5. The lowest BCUT2D eigenvalue weighted by molar-refractivity contribution is -0.160. The molecule has 0 aliphatic rings. The Morgan fingerprint density at radius 2 is 0.558 bits per heavy atom. The summed E-state index contributed by atoms with van der Waals surface area (Å²) in [4.78, 5) is 11.5. The van der Waals surface area contributed by atoms with Crippen molar-refractivity contribution in [2.75, 3.05) is 132 Å². The Kier molecular flexibility index (Phi) is 42.0. The van der Waals surface area contributed by atoms with Gasteiger partial charge >= 0.3 is 5.97 Å². The van der Waals surface area contributed by atoms with Gasteiger partial charge in [0.25, 0.3) is 0 Å². The molecule has 0 N–H and O–H groups in total. The maximum Gasteiger partial charge on any atom is 0.332 e. The summed E-state index contributed by atoms with van der Waals surface area (Å²) in [6.45, 7) is 17.6. The van der Waals surface area contributed by atoms with Crippen LogP contribution in [0.1, 0.15) is 118 Å². The third-order valence-corrected chi connectivity index (χ3v) is 7.63. The molecule has 0 amide bonds. The van der Waals surface area contributed by atoms with Gasteiger partial charge in [-0.1, -0.05) is 90.4 Å². The van der Waals surface area contributed by atoms with Gasteiger partial charge in [0, 0.05) is 6.61 Å². The number of hydrogen-bond acceptors (Lipinski definition) is 12. The fraction of sp³-hybridized carbons (Fsp3) is 0.975. The number of rotatable bonds is 44. The molecule has 0 spiro atoms. The van der Waals surface area contributed by atoms with E-state index in [1.165, 1.54) is 83.5 Å². The van der Waals surface area contributed by atoms with Crippen LogP contribution < -0.4 is 0 Å². The van der Waals surface area contributed by atoms with Gasteiger partial charge < -0.3 is 52.1 Å². The molecule has 0 saturated heterocycles. The van der Waals surface area contributed by atoms with Gasteiger partial charge in [0.2, 0.25) is 0 Å². The van der Waals surface area contributed by atoms with Gasteiger partial charge in [0.1, 0.15) is 12.2 Å². The van der Waals surface area contributed by atoms with E-state index in [2.05, 4.69) is 6.92 Å². The van der Waals surface area contributed by atoms with E-state index in [1.54, 1.807) is 0 Å². The highest BCUT2D eigenvalue weighted by Crippen LogP contribution is 2.13. The topological polar surface area (TPSA) is 119 Å². The van der Waals surface area contributed by atoms with Gasteiger partial charge in [-0.2, -0.15) is 0 Å². The van der Waals surface area contributed by atoms with E-state index in [0.29, 0.717) is 119 Å². The molecule has 0 bridgehead atoms. The molecular formula is C40H80O12. The third-order valence-electron chi connectivity index (χ3n) is 7.63. The monoisotopic (exact) mass is 753 g/mol. The van der Waals surface area contributed by atoms with Crippen LogP contribution in [0.5, 0.6) is 0 Å². The Hall–Kier alpha value is -0.930. The molecule has 0 heterocycles. The summed E-state index contributed by atoms with van der Waals surface area (Å²) < 4.78 is 60.0. The highest BCUT2D eigenvalue weighted by atomic mass is 16.6. The minimum Gasteiger partial charge on any atom is -0.458 e. The Labute approximate surface area is 317 Å². The largest absolute Gasteiger partial charge is 0.458 e. The fourth-order valence-corrected chi connectivity index (χ4v) is 4.90. The summed E-state index contributed by atoms with van der Waals surface area (Å²) in [5.41, 5.74) is -0.508. The number of ether oxygens (including phenoxy) is 11. The number of unbranched alkanes of at least 4 members (excludes halogenated alkanes) is 13. The van der Waals surface area contributed by atoms with Crippen LogP contribution >= 0.6 is 0 Å².